The number of nitrogens with one attached hydrogen (secondary N) is 1. The molecule has 52 heavy (non-hydrogen) atoms. The largest absolute Gasteiger partial charge is 0.508 e. The predicted octanol–water partition coefficient (Wildman–Crippen LogP) is 11.3. The van der Waals surface area contributed by atoms with Gasteiger partial charge in [0.2, 0.25) is 0 Å². The quantitative estimate of drug-likeness (QED) is 0.186. The number of hydrogen-bond acceptors (Lipinski definition) is 5. The third-order valence-electron chi connectivity index (χ3n) is 16.2. The number of benzene rings is 2. The molecule has 11 unspecified atom stereocenters. The molecular weight excluding hydrogens is 675 g/mol. The van der Waals surface area contributed by atoms with Crippen molar-refractivity contribution in [2.24, 2.45) is 51.2 Å². The normalized spacial score (nSPS) is 43.6. The Labute approximate surface area is 322 Å². The van der Waals surface area contributed by atoms with Crippen molar-refractivity contribution in [2.45, 2.75) is 142 Å². The van der Waals surface area contributed by atoms with E-state index in [9.17, 15) is 10.2 Å². The molecule has 7 aliphatic rings. The Morgan fingerprint density at radius 3 is 2.48 bits per heavy atom. The fourth-order valence-corrected chi connectivity index (χ4v) is 17.1. The van der Waals surface area contributed by atoms with Crippen molar-refractivity contribution >= 4 is 21.6 Å². The highest BCUT2D eigenvalue weighted by atomic mass is 33.1. The number of aromatic hydroxyl groups is 1. The van der Waals surface area contributed by atoms with Gasteiger partial charge >= 0.3 is 0 Å². The summed E-state index contributed by atoms with van der Waals surface area (Å²) in [5.74, 6) is 6.54. The van der Waals surface area contributed by atoms with Gasteiger partial charge in [0, 0.05) is 24.1 Å². The van der Waals surface area contributed by atoms with Gasteiger partial charge in [-0.25, -0.2) is 0 Å². The molecule has 3 N–H and O–H groups in total. The summed E-state index contributed by atoms with van der Waals surface area (Å²) >= 11 is 0. The van der Waals surface area contributed by atoms with Gasteiger partial charge in [0.1, 0.15) is 5.75 Å². The maximum atomic E-state index is 11.2. The zero-order chi connectivity index (χ0) is 35.6. The molecular formula is C47H65NO2S2. The third-order valence-corrected chi connectivity index (χ3v) is 19.0. The van der Waals surface area contributed by atoms with Crippen molar-refractivity contribution in [1.82, 2.24) is 5.32 Å². The molecule has 6 aliphatic carbocycles. The Morgan fingerprint density at radius 2 is 1.63 bits per heavy atom. The van der Waals surface area contributed by atoms with E-state index >= 15 is 0 Å². The number of rotatable bonds is 0. The Hall–Kier alpha value is -1.40. The molecule has 0 amide bonds. The molecule has 1 heterocycles. The van der Waals surface area contributed by atoms with E-state index in [0.717, 1.165) is 55.2 Å². The van der Waals surface area contributed by atoms with Crippen molar-refractivity contribution in [3.63, 3.8) is 0 Å². The molecule has 1 aliphatic heterocycles. The highest BCUT2D eigenvalue weighted by Gasteiger charge is 2.63. The van der Waals surface area contributed by atoms with E-state index in [1.807, 2.05) is 6.07 Å². The topological polar surface area (TPSA) is 52.5 Å². The van der Waals surface area contributed by atoms with Gasteiger partial charge in [-0.3, -0.25) is 0 Å². The van der Waals surface area contributed by atoms with E-state index in [0.29, 0.717) is 34.0 Å². The fourth-order valence-electron chi connectivity index (χ4n) is 14.3. The van der Waals surface area contributed by atoms with Crippen LogP contribution in [0.25, 0.3) is 0 Å². The zero-order valence-corrected chi connectivity index (χ0v) is 33.7. The summed E-state index contributed by atoms with van der Waals surface area (Å²) in [5, 5.41) is 26.2. The fraction of sp³-hybridized carbons (Fsp3) is 0.702. The standard InChI is InChI=1S/C47H65NO2S2/c1-32-7-5-12-47(24-32)31-45(14-13-44(29-45)15-16-46(30-44)11-6-10-43(46)50)25-41-39-19-35-17-34(21-40(49)22-35)18-37-8-3-4-9-38(37)26-48-33(2)27-51-52-28-36(20-39)23-42(41)47/h3-5,8-9,12,17,21-22,32-33,36,39,41-43,48-50H,6-7,10-11,13-16,18-20,23-31H2,1-2H3. The van der Waals surface area contributed by atoms with Crippen molar-refractivity contribution in [1.29, 1.82) is 0 Å². The Kier molecular flexibility index (Phi) is 9.95. The van der Waals surface area contributed by atoms with Crippen molar-refractivity contribution < 1.29 is 10.2 Å². The Morgan fingerprint density at radius 1 is 0.827 bits per heavy atom. The first-order valence-electron chi connectivity index (χ1n) is 21.4. The predicted molar refractivity (Wildman–Crippen MR) is 220 cm³/mol. The van der Waals surface area contributed by atoms with Gasteiger partial charge in [0.05, 0.1) is 6.10 Å². The van der Waals surface area contributed by atoms with Gasteiger partial charge in [-0.2, -0.15) is 0 Å². The maximum Gasteiger partial charge on any atom is 0.116 e. The molecule has 11 atom stereocenters. The minimum atomic E-state index is -0.0538. The van der Waals surface area contributed by atoms with Gasteiger partial charge in [-0.05, 0) is 195 Å². The zero-order valence-electron chi connectivity index (χ0n) is 32.1. The summed E-state index contributed by atoms with van der Waals surface area (Å²) in [7, 11) is 4.24. The number of phenols is 1. The van der Waals surface area contributed by atoms with Crippen LogP contribution >= 0.6 is 21.6 Å². The molecule has 2 aromatic rings. The van der Waals surface area contributed by atoms with E-state index < -0.39 is 0 Å². The molecule has 5 fully saturated rings. The van der Waals surface area contributed by atoms with Crippen LogP contribution < -0.4 is 5.32 Å². The summed E-state index contributed by atoms with van der Waals surface area (Å²) < 4.78 is 0. The molecule has 3 nitrogen and oxygen atoms in total. The van der Waals surface area contributed by atoms with E-state index in [1.165, 1.54) is 118 Å². The lowest BCUT2D eigenvalue weighted by Gasteiger charge is -2.61. The van der Waals surface area contributed by atoms with Gasteiger partial charge in [0.25, 0.3) is 0 Å². The molecule has 282 valence electrons. The summed E-state index contributed by atoms with van der Waals surface area (Å²) in [6.45, 7) is 5.78. The van der Waals surface area contributed by atoms with Crippen LogP contribution in [-0.2, 0) is 19.4 Å². The molecule has 5 saturated carbocycles. The van der Waals surface area contributed by atoms with Crippen LogP contribution in [0.15, 0.2) is 54.6 Å². The van der Waals surface area contributed by atoms with Crippen LogP contribution in [0.4, 0.5) is 0 Å². The first-order chi connectivity index (χ1) is 25.1. The van der Waals surface area contributed by atoms with E-state index in [2.05, 4.69) is 89.3 Å². The second-order valence-electron chi connectivity index (χ2n) is 20.1. The van der Waals surface area contributed by atoms with Gasteiger partial charge < -0.3 is 15.5 Å². The van der Waals surface area contributed by atoms with Gasteiger partial charge in [0.15, 0.2) is 0 Å². The smallest absolute Gasteiger partial charge is 0.116 e. The highest BCUT2D eigenvalue weighted by molar-refractivity contribution is 8.76. The number of fused-ring (bicyclic) bond motifs is 8. The van der Waals surface area contributed by atoms with E-state index in [1.54, 1.807) is 0 Å². The van der Waals surface area contributed by atoms with Crippen molar-refractivity contribution in [3.05, 3.63) is 76.9 Å². The number of phenolic OH excluding ortho intramolecular Hbond substituents is 1. The van der Waals surface area contributed by atoms with Crippen LogP contribution in [0.1, 0.15) is 132 Å². The van der Waals surface area contributed by atoms with Crippen LogP contribution in [0.3, 0.4) is 0 Å². The van der Waals surface area contributed by atoms with Crippen molar-refractivity contribution in [3.8, 4) is 5.75 Å². The van der Waals surface area contributed by atoms with Crippen LogP contribution in [0, 0.1) is 51.2 Å². The lowest BCUT2D eigenvalue weighted by molar-refractivity contribution is -0.0846. The minimum Gasteiger partial charge on any atom is -0.508 e. The lowest BCUT2D eigenvalue weighted by Crippen LogP contribution is -2.52. The third kappa shape index (κ3) is 6.98. The lowest BCUT2D eigenvalue weighted by atomic mass is 9.44. The molecule has 4 spiro atoms. The summed E-state index contributed by atoms with van der Waals surface area (Å²) in [5.41, 5.74) is 6.81. The van der Waals surface area contributed by atoms with Gasteiger partial charge in [-0.15, -0.1) is 0 Å². The average molecular weight is 740 g/mol. The molecule has 5 heteroatoms. The molecule has 2 aromatic carbocycles. The Balaban J connectivity index is 1.06. The monoisotopic (exact) mass is 739 g/mol. The summed E-state index contributed by atoms with van der Waals surface area (Å²) in [6.07, 6.45) is 27.3. The van der Waals surface area contributed by atoms with E-state index in [4.69, 9.17) is 0 Å². The Bertz CT molecular complexity index is 1640. The number of aliphatic hydroxyl groups excluding tert-OH is 1. The van der Waals surface area contributed by atoms with Crippen LogP contribution in [0.5, 0.6) is 5.75 Å². The molecule has 4 bridgehead atoms. The first-order valence-corrected chi connectivity index (χ1v) is 23.8. The molecule has 0 radical (unpaired) electrons. The SMILES string of the molecule is CC1CC=CC2(C1)CC1(CCC3(CCC4(CCCC4O)C3)C1)CC1C3Cc4cc(O)cc(c4)Cc4ccccc4CNC(C)CSSCC(C3)CC12. The number of allylic oxidation sites excluding steroid dienone is 2. The molecule has 9 rings (SSSR count). The van der Waals surface area contributed by atoms with Gasteiger partial charge in [-0.1, -0.05) is 77.4 Å². The maximum absolute atomic E-state index is 11.2. The number of aliphatic hydroxyl groups is 1. The number of hydrogen-bond donors (Lipinski definition) is 3. The second kappa shape index (κ2) is 14.3. The van der Waals surface area contributed by atoms with Crippen LogP contribution in [0.2, 0.25) is 0 Å². The second-order valence-corrected chi connectivity index (χ2v) is 22.6. The summed E-state index contributed by atoms with van der Waals surface area (Å²) in [4.78, 5) is 0. The average Bonchev–Trinajstić information content (AvgIpc) is 3.77. The minimum absolute atomic E-state index is 0.0538. The van der Waals surface area contributed by atoms with Crippen molar-refractivity contribution in [2.75, 3.05) is 11.5 Å². The molecule has 0 aromatic heterocycles. The first kappa shape index (κ1) is 36.3. The summed E-state index contributed by atoms with van der Waals surface area (Å²) in [6, 6.07) is 16.0. The molecule has 0 saturated heterocycles. The van der Waals surface area contributed by atoms with E-state index in [-0.39, 0.29) is 11.5 Å². The van der Waals surface area contributed by atoms with Crippen LogP contribution in [-0.4, -0.2) is 33.9 Å². The highest BCUT2D eigenvalue weighted by Crippen LogP contribution is 2.73.